The van der Waals surface area contributed by atoms with E-state index in [0.29, 0.717) is 5.29 Å². The lowest BCUT2D eigenvalue weighted by Crippen LogP contribution is -1.98. The van der Waals surface area contributed by atoms with Crippen molar-refractivity contribution in [2.75, 3.05) is 0 Å². The van der Waals surface area contributed by atoms with Crippen LogP contribution >= 0.6 is 8.86 Å². The number of Topliss-reactive ketones (excluding diaryl/α,β-unsaturated/α-hetero) is 1. The molecule has 0 aliphatic heterocycles. The Hall–Kier alpha value is -0.160. The molecule has 0 aromatic heterocycles. The first-order chi connectivity index (χ1) is 2.64. The van der Waals surface area contributed by atoms with E-state index in [0.717, 1.165) is 0 Å². The monoisotopic (exact) mass is 102 g/mol. The summed E-state index contributed by atoms with van der Waals surface area (Å²) in [5.41, 5.74) is 0. The van der Waals surface area contributed by atoms with Crippen LogP contribution in [-0.2, 0) is 4.79 Å². The fraction of sp³-hybridized carbons (Fsp3) is 0.500. The minimum absolute atomic E-state index is 0.0895. The maximum atomic E-state index is 10.1. The Morgan fingerprint density at radius 3 is 1.67 bits per heavy atom. The summed E-state index contributed by atoms with van der Waals surface area (Å²) in [5.74, 6) is 0.0895. The Morgan fingerprint density at radius 2 is 1.67 bits per heavy atom. The second-order valence-corrected chi connectivity index (χ2v) is 1.93. The molecule has 0 atom stereocenters. The average Bonchev–Trinajstić information content (AvgIpc) is 1.36. The molecule has 0 bridgehead atoms. The van der Waals surface area contributed by atoms with E-state index in [9.17, 15) is 4.79 Å². The number of hydrogen-bond acceptors (Lipinski definition) is 1. The van der Waals surface area contributed by atoms with Gasteiger partial charge >= 0.3 is 0 Å². The summed E-state index contributed by atoms with van der Waals surface area (Å²) in [6, 6.07) is 0. The molecule has 0 N–H and O–H groups in total. The summed E-state index contributed by atoms with van der Waals surface area (Å²) >= 11 is 0. The standard InChI is InChI=1S/C4H7OP/c1-3(5)4(2)6/h6H,1-2H3. The summed E-state index contributed by atoms with van der Waals surface area (Å²) in [4.78, 5) is 10.1. The highest BCUT2D eigenvalue weighted by Gasteiger charge is 1.86. The van der Waals surface area contributed by atoms with Crippen molar-refractivity contribution in [1.29, 1.82) is 0 Å². The fourth-order valence-electron chi connectivity index (χ4n) is 0. The maximum Gasteiger partial charge on any atom is 0.159 e. The summed E-state index contributed by atoms with van der Waals surface area (Å²) in [5, 5.41) is 0.676. The number of carbonyl (C=O) groups is 1. The van der Waals surface area contributed by atoms with Gasteiger partial charge < -0.3 is 0 Å². The molecule has 0 fully saturated rings. The molecule has 0 aliphatic rings. The van der Waals surface area contributed by atoms with Crippen molar-refractivity contribution in [3.63, 3.8) is 0 Å². The van der Waals surface area contributed by atoms with E-state index < -0.39 is 0 Å². The molecule has 6 heavy (non-hydrogen) atoms. The van der Waals surface area contributed by atoms with Crippen molar-refractivity contribution < 1.29 is 4.79 Å². The smallest absolute Gasteiger partial charge is 0.159 e. The lowest BCUT2D eigenvalue weighted by molar-refractivity contribution is -0.110. The van der Waals surface area contributed by atoms with Gasteiger partial charge in [-0.3, -0.25) is 4.79 Å². The fourth-order valence-corrected chi connectivity index (χ4v) is 0. The van der Waals surface area contributed by atoms with Gasteiger partial charge in [-0.15, -0.1) is 8.86 Å². The Labute approximate surface area is 39.6 Å². The summed E-state index contributed by atoms with van der Waals surface area (Å²) in [6.45, 7) is 3.24. The van der Waals surface area contributed by atoms with Crippen molar-refractivity contribution in [2.24, 2.45) is 0 Å². The zero-order valence-corrected chi connectivity index (χ0v) is 4.91. The molecular weight excluding hydrogens is 95.0 g/mol. The summed E-state index contributed by atoms with van der Waals surface area (Å²) < 4.78 is 0. The van der Waals surface area contributed by atoms with E-state index >= 15 is 0 Å². The number of carbonyl (C=O) groups excluding carboxylic acids is 1. The van der Waals surface area contributed by atoms with Crippen molar-refractivity contribution in [3.05, 3.63) is 0 Å². The highest BCUT2D eigenvalue weighted by molar-refractivity contribution is 7.25. The molecule has 0 amide bonds. The van der Waals surface area contributed by atoms with E-state index in [1.807, 2.05) is 0 Å². The first-order valence-corrected chi connectivity index (χ1v) is 2.20. The highest BCUT2D eigenvalue weighted by atomic mass is 31.0. The predicted molar refractivity (Wildman–Crippen MR) is 29.7 cm³/mol. The molecule has 1 nitrogen and oxygen atoms in total. The van der Waals surface area contributed by atoms with Gasteiger partial charge in [0, 0.05) is 5.29 Å². The molecule has 0 saturated carbocycles. The van der Waals surface area contributed by atoms with Crippen LogP contribution in [0.3, 0.4) is 0 Å². The van der Waals surface area contributed by atoms with Crippen LogP contribution in [0.5, 0.6) is 0 Å². The molecule has 0 spiro atoms. The Bertz CT molecular complexity index is 73.5. The van der Waals surface area contributed by atoms with E-state index in [-0.39, 0.29) is 5.78 Å². The van der Waals surface area contributed by atoms with Crippen molar-refractivity contribution in [3.8, 4) is 0 Å². The summed E-state index contributed by atoms with van der Waals surface area (Å²) in [6.07, 6.45) is 0. The summed E-state index contributed by atoms with van der Waals surface area (Å²) in [7, 11) is 3.05. The molecule has 0 saturated heterocycles. The number of hydrogen-bond donors (Lipinski definition) is 0. The molecule has 0 aromatic carbocycles. The molecular formula is C4H7OP. The van der Waals surface area contributed by atoms with Crippen molar-refractivity contribution in [2.45, 2.75) is 13.8 Å². The van der Waals surface area contributed by atoms with Crippen LogP contribution in [0.2, 0.25) is 0 Å². The van der Waals surface area contributed by atoms with Crippen LogP contribution in [0, 0.1) is 0 Å². The Balaban J connectivity index is 3.57. The van der Waals surface area contributed by atoms with Gasteiger partial charge in [0.25, 0.3) is 0 Å². The predicted octanol–water partition coefficient (Wildman–Crippen LogP) is 0.911. The molecule has 2 heteroatoms. The minimum Gasteiger partial charge on any atom is -0.295 e. The Morgan fingerprint density at radius 1 is 1.50 bits per heavy atom. The van der Waals surface area contributed by atoms with Gasteiger partial charge in [-0.05, 0) is 13.8 Å². The third-order valence-corrected chi connectivity index (χ3v) is 0.880. The molecule has 0 unspecified atom stereocenters. The highest BCUT2D eigenvalue weighted by Crippen LogP contribution is 1.76. The lowest BCUT2D eigenvalue weighted by Gasteiger charge is -1.79. The largest absolute Gasteiger partial charge is 0.295 e. The molecule has 0 aliphatic carbocycles. The van der Waals surface area contributed by atoms with Crippen LogP contribution < -0.4 is 0 Å². The van der Waals surface area contributed by atoms with Crippen LogP contribution in [0.1, 0.15) is 13.8 Å². The third-order valence-electron chi connectivity index (χ3n) is 0.528. The van der Waals surface area contributed by atoms with E-state index in [2.05, 4.69) is 8.86 Å². The van der Waals surface area contributed by atoms with Gasteiger partial charge in [0.2, 0.25) is 0 Å². The Kier molecular flexibility index (Phi) is 2.04. The quantitative estimate of drug-likeness (QED) is 0.450. The normalized spacial score (nSPS) is 7.67. The van der Waals surface area contributed by atoms with Crippen LogP contribution in [0.15, 0.2) is 0 Å². The van der Waals surface area contributed by atoms with Gasteiger partial charge in [-0.1, -0.05) is 0 Å². The van der Waals surface area contributed by atoms with Gasteiger partial charge in [0.15, 0.2) is 5.78 Å². The lowest BCUT2D eigenvalue weighted by atomic mass is 10.4. The van der Waals surface area contributed by atoms with Gasteiger partial charge in [0.1, 0.15) is 0 Å². The maximum absolute atomic E-state index is 10.1. The topological polar surface area (TPSA) is 17.1 Å². The first kappa shape index (κ1) is 5.84. The second kappa shape index (κ2) is 2.09. The zero-order valence-electron chi connectivity index (χ0n) is 3.91. The first-order valence-electron chi connectivity index (χ1n) is 1.70. The van der Waals surface area contributed by atoms with Crippen LogP contribution in [0.25, 0.3) is 0 Å². The van der Waals surface area contributed by atoms with Crippen molar-refractivity contribution >= 4 is 19.9 Å². The van der Waals surface area contributed by atoms with Gasteiger partial charge in [-0.25, -0.2) is 0 Å². The molecule has 0 aromatic rings. The van der Waals surface area contributed by atoms with Crippen LogP contribution in [0.4, 0.5) is 0 Å². The molecule has 0 heterocycles. The average molecular weight is 102 g/mol. The third kappa shape index (κ3) is 2.10. The van der Waals surface area contributed by atoms with Gasteiger partial charge in [-0.2, -0.15) is 0 Å². The minimum atomic E-state index is 0.0895. The second-order valence-electron chi connectivity index (χ2n) is 1.18. The number of rotatable bonds is 1. The van der Waals surface area contributed by atoms with E-state index in [1.54, 1.807) is 6.92 Å². The van der Waals surface area contributed by atoms with Crippen LogP contribution in [-0.4, -0.2) is 11.1 Å². The van der Waals surface area contributed by atoms with E-state index in [4.69, 9.17) is 0 Å². The molecule has 34 valence electrons. The zero-order chi connectivity index (χ0) is 5.15. The number of ketones is 1. The van der Waals surface area contributed by atoms with Gasteiger partial charge in [0.05, 0.1) is 0 Å². The SMILES string of the molecule is CC(=O)C(C)=P. The molecule has 0 radical (unpaired) electrons. The molecule has 0 rings (SSSR count). The van der Waals surface area contributed by atoms with Crippen molar-refractivity contribution in [1.82, 2.24) is 0 Å². The van der Waals surface area contributed by atoms with E-state index in [1.165, 1.54) is 6.92 Å².